The van der Waals surface area contributed by atoms with Crippen molar-refractivity contribution < 1.29 is 9.32 Å². The Morgan fingerprint density at radius 3 is 2.76 bits per heavy atom. The third-order valence-corrected chi connectivity index (χ3v) is 5.85. The van der Waals surface area contributed by atoms with Gasteiger partial charge in [-0.25, -0.2) is 4.98 Å². The predicted molar refractivity (Wildman–Crippen MR) is 97.8 cm³/mol. The van der Waals surface area contributed by atoms with Crippen LogP contribution in [-0.2, 0) is 13.0 Å². The smallest absolute Gasteiger partial charge is 0.256 e. The maximum absolute atomic E-state index is 12.3. The molecule has 1 amide bonds. The summed E-state index contributed by atoms with van der Waals surface area (Å²) in [6, 6.07) is 0. The van der Waals surface area contributed by atoms with E-state index in [0.717, 1.165) is 38.9 Å². The van der Waals surface area contributed by atoms with Gasteiger partial charge in [-0.3, -0.25) is 9.69 Å². The molecular weight excluding hydrogens is 336 g/mol. The molecule has 136 valence electrons. The number of aryl methyl sites for hydroxylation is 3. The molecule has 2 aromatic heterocycles. The van der Waals surface area contributed by atoms with Crippen LogP contribution in [0.4, 0.5) is 0 Å². The first kappa shape index (κ1) is 18.1. The molecule has 1 N–H and O–H groups in total. The molecule has 0 saturated carbocycles. The number of piperidine rings is 1. The first-order chi connectivity index (χ1) is 12.1. The SMILES string of the molecule is CCc1nc(CN2CCC(CNC(=O)c3c(C)noc3C)CC2)cs1. The van der Waals surface area contributed by atoms with Crippen LogP contribution in [-0.4, -0.2) is 40.6 Å². The minimum Gasteiger partial charge on any atom is -0.361 e. The summed E-state index contributed by atoms with van der Waals surface area (Å²) in [6.45, 7) is 9.49. The van der Waals surface area contributed by atoms with E-state index in [2.05, 4.69) is 32.7 Å². The topological polar surface area (TPSA) is 71.3 Å². The van der Waals surface area contributed by atoms with Crippen molar-refractivity contribution in [2.24, 2.45) is 5.92 Å². The molecule has 1 saturated heterocycles. The van der Waals surface area contributed by atoms with Crippen molar-refractivity contribution in [3.63, 3.8) is 0 Å². The number of carbonyl (C=O) groups excluding carboxylic acids is 1. The zero-order chi connectivity index (χ0) is 17.8. The van der Waals surface area contributed by atoms with E-state index >= 15 is 0 Å². The highest BCUT2D eigenvalue weighted by Gasteiger charge is 2.22. The van der Waals surface area contributed by atoms with Gasteiger partial charge in [-0.15, -0.1) is 11.3 Å². The lowest BCUT2D eigenvalue weighted by Gasteiger charge is -2.31. The summed E-state index contributed by atoms with van der Waals surface area (Å²) < 4.78 is 5.07. The molecule has 3 rings (SSSR count). The quantitative estimate of drug-likeness (QED) is 0.855. The van der Waals surface area contributed by atoms with Gasteiger partial charge in [0.2, 0.25) is 0 Å². The number of carbonyl (C=O) groups is 1. The maximum atomic E-state index is 12.3. The van der Waals surface area contributed by atoms with Crippen molar-refractivity contribution in [2.45, 2.75) is 46.6 Å². The van der Waals surface area contributed by atoms with E-state index in [1.54, 1.807) is 25.2 Å². The first-order valence-electron chi connectivity index (χ1n) is 8.93. The molecule has 0 radical (unpaired) electrons. The summed E-state index contributed by atoms with van der Waals surface area (Å²) in [7, 11) is 0. The molecule has 0 bridgehead atoms. The Labute approximate surface area is 152 Å². The fraction of sp³-hybridized carbons (Fsp3) is 0.611. The van der Waals surface area contributed by atoms with Crippen LogP contribution in [0.3, 0.4) is 0 Å². The van der Waals surface area contributed by atoms with Crippen LogP contribution < -0.4 is 5.32 Å². The zero-order valence-corrected chi connectivity index (χ0v) is 16.0. The predicted octanol–water partition coefficient (Wildman–Crippen LogP) is 2.95. The van der Waals surface area contributed by atoms with Crippen LogP contribution in [0, 0.1) is 19.8 Å². The van der Waals surface area contributed by atoms with Crippen LogP contribution in [0.25, 0.3) is 0 Å². The van der Waals surface area contributed by atoms with Gasteiger partial charge in [0.15, 0.2) is 0 Å². The second-order valence-electron chi connectivity index (χ2n) is 6.71. The summed E-state index contributed by atoms with van der Waals surface area (Å²) in [5.74, 6) is 1.04. The van der Waals surface area contributed by atoms with Gasteiger partial charge < -0.3 is 9.84 Å². The zero-order valence-electron chi connectivity index (χ0n) is 15.2. The lowest BCUT2D eigenvalue weighted by Crippen LogP contribution is -2.38. The molecule has 0 atom stereocenters. The normalized spacial score (nSPS) is 16.3. The summed E-state index contributed by atoms with van der Waals surface area (Å²) in [6.07, 6.45) is 3.22. The Morgan fingerprint density at radius 2 is 2.16 bits per heavy atom. The Kier molecular flexibility index (Phi) is 5.86. The molecule has 3 heterocycles. The highest BCUT2D eigenvalue weighted by molar-refractivity contribution is 7.09. The van der Waals surface area contributed by atoms with Crippen molar-refractivity contribution in [2.75, 3.05) is 19.6 Å². The van der Waals surface area contributed by atoms with Crippen molar-refractivity contribution in [1.29, 1.82) is 0 Å². The van der Waals surface area contributed by atoms with Crippen molar-refractivity contribution in [3.8, 4) is 0 Å². The molecule has 6 nitrogen and oxygen atoms in total. The number of amides is 1. The largest absolute Gasteiger partial charge is 0.361 e. The van der Waals surface area contributed by atoms with Gasteiger partial charge in [-0.1, -0.05) is 12.1 Å². The van der Waals surface area contributed by atoms with Gasteiger partial charge in [0.25, 0.3) is 5.91 Å². The van der Waals surface area contributed by atoms with Crippen LogP contribution in [0.15, 0.2) is 9.90 Å². The van der Waals surface area contributed by atoms with E-state index in [4.69, 9.17) is 4.52 Å². The Bertz CT molecular complexity index is 697. The van der Waals surface area contributed by atoms with E-state index in [1.165, 1.54) is 10.7 Å². The van der Waals surface area contributed by atoms with Gasteiger partial charge in [0, 0.05) is 18.5 Å². The molecule has 1 fully saturated rings. The summed E-state index contributed by atoms with van der Waals surface area (Å²) in [5.41, 5.74) is 2.42. The minimum absolute atomic E-state index is 0.0757. The summed E-state index contributed by atoms with van der Waals surface area (Å²) >= 11 is 1.75. The Hall–Kier alpha value is -1.73. The Morgan fingerprint density at radius 1 is 1.40 bits per heavy atom. The first-order valence-corrected chi connectivity index (χ1v) is 9.81. The molecule has 25 heavy (non-hydrogen) atoms. The van der Waals surface area contributed by atoms with E-state index in [0.29, 0.717) is 29.5 Å². The standard InChI is InChI=1S/C18H26N4O2S/c1-4-16-20-15(11-25-16)10-22-7-5-14(6-8-22)9-19-18(23)17-12(2)21-24-13(17)3/h11,14H,4-10H2,1-3H3,(H,19,23). The monoisotopic (exact) mass is 362 g/mol. The van der Waals surface area contributed by atoms with Gasteiger partial charge in [-0.05, 0) is 52.1 Å². The Balaban J connectivity index is 1.42. The highest BCUT2D eigenvalue weighted by atomic mass is 32.1. The molecule has 0 aliphatic carbocycles. The second kappa shape index (κ2) is 8.10. The molecule has 1 aliphatic rings. The van der Waals surface area contributed by atoms with Crippen molar-refractivity contribution in [3.05, 3.63) is 33.1 Å². The van der Waals surface area contributed by atoms with Gasteiger partial charge in [-0.2, -0.15) is 0 Å². The maximum Gasteiger partial charge on any atom is 0.256 e. The second-order valence-corrected chi connectivity index (χ2v) is 7.66. The molecule has 0 unspecified atom stereocenters. The molecule has 0 spiro atoms. The average Bonchev–Trinajstić information content (AvgIpc) is 3.20. The molecule has 0 aromatic carbocycles. The van der Waals surface area contributed by atoms with E-state index < -0.39 is 0 Å². The van der Waals surface area contributed by atoms with Crippen LogP contribution >= 0.6 is 11.3 Å². The van der Waals surface area contributed by atoms with Crippen molar-refractivity contribution in [1.82, 2.24) is 20.4 Å². The number of hydrogen-bond donors (Lipinski definition) is 1. The van der Waals surface area contributed by atoms with Crippen LogP contribution in [0.1, 0.15) is 52.3 Å². The number of nitrogens with one attached hydrogen (secondary N) is 1. The van der Waals surface area contributed by atoms with Gasteiger partial charge >= 0.3 is 0 Å². The number of nitrogens with zero attached hydrogens (tertiary/aromatic N) is 3. The fourth-order valence-corrected chi connectivity index (χ4v) is 4.03. The van der Waals surface area contributed by atoms with E-state index in [1.807, 2.05) is 0 Å². The van der Waals surface area contributed by atoms with Crippen LogP contribution in [0.2, 0.25) is 0 Å². The third-order valence-electron chi connectivity index (χ3n) is 4.81. The average molecular weight is 362 g/mol. The number of aromatic nitrogens is 2. The lowest BCUT2D eigenvalue weighted by molar-refractivity contribution is 0.0933. The number of rotatable bonds is 6. The summed E-state index contributed by atoms with van der Waals surface area (Å²) in [5, 5.41) is 10.3. The number of likely N-dealkylation sites (tertiary alicyclic amines) is 1. The minimum atomic E-state index is -0.0757. The van der Waals surface area contributed by atoms with Crippen molar-refractivity contribution >= 4 is 17.2 Å². The number of thiazole rings is 1. The van der Waals surface area contributed by atoms with Gasteiger partial charge in [0.1, 0.15) is 11.3 Å². The third kappa shape index (κ3) is 4.46. The molecular formula is C18H26N4O2S. The highest BCUT2D eigenvalue weighted by Crippen LogP contribution is 2.20. The fourth-order valence-electron chi connectivity index (χ4n) is 3.29. The molecule has 1 aliphatic heterocycles. The van der Waals surface area contributed by atoms with E-state index in [-0.39, 0.29) is 5.91 Å². The lowest BCUT2D eigenvalue weighted by atomic mass is 9.96. The number of hydrogen-bond acceptors (Lipinski definition) is 6. The van der Waals surface area contributed by atoms with Gasteiger partial charge in [0.05, 0.1) is 16.4 Å². The molecule has 2 aromatic rings. The van der Waals surface area contributed by atoms with Crippen LogP contribution in [0.5, 0.6) is 0 Å². The van der Waals surface area contributed by atoms with E-state index in [9.17, 15) is 4.79 Å². The molecule has 7 heteroatoms. The summed E-state index contributed by atoms with van der Waals surface area (Å²) in [4.78, 5) is 19.4.